The van der Waals surface area contributed by atoms with Crippen LogP contribution in [0.4, 0.5) is 22.1 Å². The molecular weight excluding hydrogens is 240 g/mol. The van der Waals surface area contributed by atoms with Crippen LogP contribution in [-0.4, -0.2) is 23.1 Å². The van der Waals surface area contributed by atoms with Gasteiger partial charge in [-0.2, -0.15) is 0 Å². The van der Waals surface area contributed by atoms with Gasteiger partial charge >= 0.3 is 11.8 Å². The van der Waals surface area contributed by atoms with Gasteiger partial charge in [-0.25, -0.2) is 9.78 Å². The molecule has 0 saturated heterocycles. The second-order valence-corrected chi connectivity index (χ2v) is 3.00. The Kier molecular flexibility index (Phi) is 3.46. The second-order valence-electron chi connectivity index (χ2n) is 2.60. The number of rotatable bonds is 2. The number of carbonyl (C=O) groups excluding carboxylic acids is 1. The highest BCUT2D eigenvalue weighted by atomic mass is 35.5. The van der Waals surface area contributed by atoms with Crippen molar-refractivity contribution < 1.29 is 14.5 Å². The van der Waals surface area contributed by atoms with E-state index in [0.717, 1.165) is 13.2 Å². The summed E-state index contributed by atoms with van der Waals surface area (Å²) in [7, 11) is 1.16. The van der Waals surface area contributed by atoms with E-state index in [-0.39, 0.29) is 16.7 Å². The standard InChI is InChI=1S/C7H7ClN4O4/c1-16-7(13)11-4-2-3(8)5(12(14)15)6(9)10-4/h2H,1H3,(H3,9,10,11,13). The van der Waals surface area contributed by atoms with E-state index in [1.165, 1.54) is 0 Å². The molecule has 0 spiro atoms. The quantitative estimate of drug-likeness (QED) is 0.601. The van der Waals surface area contributed by atoms with Crippen LogP contribution in [0.5, 0.6) is 0 Å². The molecule has 1 amide bonds. The van der Waals surface area contributed by atoms with Gasteiger partial charge in [0.2, 0.25) is 5.82 Å². The molecule has 3 N–H and O–H groups in total. The minimum atomic E-state index is -0.781. The number of amides is 1. The van der Waals surface area contributed by atoms with Crippen LogP contribution in [-0.2, 0) is 4.74 Å². The van der Waals surface area contributed by atoms with E-state index in [4.69, 9.17) is 17.3 Å². The summed E-state index contributed by atoms with van der Waals surface area (Å²) in [5.74, 6) is -0.413. The van der Waals surface area contributed by atoms with Crippen LogP contribution in [0.15, 0.2) is 6.07 Å². The molecule has 1 aromatic rings. The van der Waals surface area contributed by atoms with Gasteiger partial charge < -0.3 is 10.5 Å². The summed E-state index contributed by atoms with van der Waals surface area (Å²) >= 11 is 5.60. The number of aromatic nitrogens is 1. The minimum Gasteiger partial charge on any atom is -0.453 e. The van der Waals surface area contributed by atoms with Gasteiger partial charge in [0.15, 0.2) is 0 Å². The van der Waals surface area contributed by atoms with Crippen molar-refractivity contribution in [2.24, 2.45) is 0 Å². The first kappa shape index (κ1) is 12.0. The molecule has 0 unspecified atom stereocenters. The molecule has 1 aromatic heterocycles. The number of hydrogen-bond acceptors (Lipinski definition) is 6. The van der Waals surface area contributed by atoms with E-state index in [2.05, 4.69) is 15.0 Å². The molecule has 0 aliphatic carbocycles. The zero-order valence-corrected chi connectivity index (χ0v) is 8.82. The van der Waals surface area contributed by atoms with E-state index >= 15 is 0 Å². The number of ether oxygens (including phenoxy) is 1. The van der Waals surface area contributed by atoms with Gasteiger partial charge in [0, 0.05) is 6.07 Å². The molecule has 0 saturated carbocycles. The maximum absolute atomic E-state index is 10.8. The summed E-state index contributed by atoms with van der Waals surface area (Å²) in [4.78, 5) is 24.2. The number of nitrogens with zero attached hydrogens (tertiary/aromatic N) is 2. The number of anilines is 2. The lowest BCUT2D eigenvalue weighted by Gasteiger charge is -2.04. The molecule has 0 fully saturated rings. The van der Waals surface area contributed by atoms with Gasteiger partial charge in [-0.3, -0.25) is 15.4 Å². The number of nitrogens with two attached hydrogens (primary N) is 1. The maximum Gasteiger partial charge on any atom is 0.412 e. The van der Waals surface area contributed by atoms with E-state index in [9.17, 15) is 14.9 Å². The summed E-state index contributed by atoms with van der Waals surface area (Å²) in [5, 5.41) is 12.5. The molecule has 0 bridgehead atoms. The number of pyridine rings is 1. The first-order chi connectivity index (χ1) is 7.45. The fourth-order valence-corrected chi connectivity index (χ4v) is 1.20. The Morgan fingerprint density at radius 2 is 2.38 bits per heavy atom. The van der Waals surface area contributed by atoms with Crippen molar-refractivity contribution in [3.05, 3.63) is 21.2 Å². The first-order valence-electron chi connectivity index (χ1n) is 3.91. The Balaban J connectivity index is 3.10. The second kappa shape index (κ2) is 4.62. The summed E-state index contributed by atoms with van der Waals surface area (Å²) in [6, 6.07) is 1.10. The zero-order valence-electron chi connectivity index (χ0n) is 8.06. The highest BCUT2D eigenvalue weighted by Crippen LogP contribution is 2.31. The van der Waals surface area contributed by atoms with Crippen LogP contribution in [0.3, 0.4) is 0 Å². The van der Waals surface area contributed by atoms with Crippen LogP contribution in [0.1, 0.15) is 0 Å². The largest absolute Gasteiger partial charge is 0.453 e. The van der Waals surface area contributed by atoms with E-state index < -0.39 is 16.7 Å². The average molecular weight is 247 g/mol. The van der Waals surface area contributed by atoms with E-state index in [1.807, 2.05) is 0 Å². The fourth-order valence-electron chi connectivity index (χ4n) is 0.926. The van der Waals surface area contributed by atoms with Crippen molar-refractivity contribution in [3.63, 3.8) is 0 Å². The molecule has 0 radical (unpaired) electrons. The van der Waals surface area contributed by atoms with Crippen molar-refractivity contribution >= 4 is 35.0 Å². The topological polar surface area (TPSA) is 120 Å². The predicted octanol–water partition coefficient (Wildman–Crippen LogP) is 1.40. The highest BCUT2D eigenvalue weighted by molar-refractivity contribution is 6.33. The lowest BCUT2D eigenvalue weighted by molar-refractivity contribution is -0.384. The molecule has 0 aliphatic rings. The Morgan fingerprint density at radius 1 is 1.75 bits per heavy atom. The lowest BCUT2D eigenvalue weighted by atomic mass is 10.4. The molecule has 1 heterocycles. The van der Waals surface area contributed by atoms with Gasteiger partial charge in [0.25, 0.3) is 0 Å². The van der Waals surface area contributed by atoms with Gasteiger partial charge in [-0.15, -0.1) is 0 Å². The summed E-state index contributed by atoms with van der Waals surface area (Å²) < 4.78 is 4.30. The Bertz CT molecular complexity index is 427. The van der Waals surface area contributed by atoms with Crippen LogP contribution in [0.25, 0.3) is 0 Å². The van der Waals surface area contributed by atoms with Crippen LogP contribution < -0.4 is 11.1 Å². The fraction of sp³-hybridized carbons (Fsp3) is 0.143. The third kappa shape index (κ3) is 2.48. The molecule has 1 rings (SSSR count). The number of nitro groups is 1. The number of hydrogen-bond donors (Lipinski definition) is 2. The Hall–Kier alpha value is -2.09. The minimum absolute atomic E-state index is 0.0278. The van der Waals surface area contributed by atoms with E-state index in [1.54, 1.807) is 0 Å². The maximum atomic E-state index is 10.8. The molecule has 0 aliphatic heterocycles. The molecule has 0 atom stereocenters. The van der Waals surface area contributed by atoms with Crippen molar-refractivity contribution in [1.82, 2.24) is 4.98 Å². The van der Waals surface area contributed by atoms with Crippen molar-refractivity contribution in [2.45, 2.75) is 0 Å². The van der Waals surface area contributed by atoms with Crippen LogP contribution in [0, 0.1) is 10.1 Å². The monoisotopic (exact) mass is 246 g/mol. The van der Waals surface area contributed by atoms with Crippen molar-refractivity contribution in [2.75, 3.05) is 18.2 Å². The van der Waals surface area contributed by atoms with Gasteiger partial charge in [0.05, 0.1) is 12.0 Å². The van der Waals surface area contributed by atoms with Crippen LogP contribution >= 0.6 is 11.6 Å². The molecule has 8 nitrogen and oxygen atoms in total. The number of carbonyl (C=O) groups is 1. The Morgan fingerprint density at radius 3 is 2.81 bits per heavy atom. The Labute approximate surface area is 94.5 Å². The van der Waals surface area contributed by atoms with Gasteiger partial charge in [0.1, 0.15) is 10.8 Å². The normalized spacial score (nSPS) is 9.62. The van der Waals surface area contributed by atoms with Gasteiger partial charge in [-0.1, -0.05) is 11.6 Å². The molecule has 16 heavy (non-hydrogen) atoms. The van der Waals surface area contributed by atoms with Crippen molar-refractivity contribution in [3.8, 4) is 0 Å². The average Bonchev–Trinajstić information content (AvgIpc) is 2.15. The lowest BCUT2D eigenvalue weighted by Crippen LogP contribution is -2.13. The number of nitrogen functional groups attached to an aromatic ring is 1. The molecular formula is C7H7ClN4O4. The van der Waals surface area contributed by atoms with Crippen LogP contribution in [0.2, 0.25) is 5.02 Å². The molecule has 86 valence electrons. The number of methoxy groups -OCH3 is 1. The zero-order chi connectivity index (χ0) is 12.3. The predicted molar refractivity (Wildman–Crippen MR) is 56.3 cm³/mol. The molecule has 9 heteroatoms. The highest BCUT2D eigenvalue weighted by Gasteiger charge is 2.20. The third-order valence-electron chi connectivity index (χ3n) is 1.57. The van der Waals surface area contributed by atoms with Crippen molar-refractivity contribution in [1.29, 1.82) is 0 Å². The third-order valence-corrected chi connectivity index (χ3v) is 1.86. The first-order valence-corrected chi connectivity index (χ1v) is 4.29. The van der Waals surface area contributed by atoms with E-state index in [0.29, 0.717) is 0 Å². The smallest absolute Gasteiger partial charge is 0.412 e. The summed E-state index contributed by atoms with van der Waals surface area (Å²) in [5.41, 5.74) is 4.81. The number of nitrogens with one attached hydrogen (secondary N) is 1. The van der Waals surface area contributed by atoms with Gasteiger partial charge in [-0.05, 0) is 0 Å². The number of halogens is 1. The summed E-state index contributed by atoms with van der Waals surface area (Å²) in [6.45, 7) is 0. The SMILES string of the molecule is COC(=O)Nc1cc(Cl)c([N+](=O)[O-])c(N)n1. The molecule has 0 aromatic carbocycles. The summed E-state index contributed by atoms with van der Waals surface area (Å²) in [6.07, 6.45) is -0.781.